The molecule has 1 amide bonds. The summed E-state index contributed by atoms with van der Waals surface area (Å²) in [6.07, 6.45) is 12.8. The summed E-state index contributed by atoms with van der Waals surface area (Å²) in [6.45, 7) is 2.36. The monoisotopic (exact) mass is 488 g/mol. The molecule has 0 unspecified atom stereocenters. The molecule has 36 heavy (non-hydrogen) atoms. The summed E-state index contributed by atoms with van der Waals surface area (Å²) in [5.74, 6) is -0.182. The molecule has 2 N–H and O–H groups in total. The SMILES string of the molecule is C[C@]12CC[C@@H]3c4ccc(C(=O)N[C@H]5CCC[C@H]5C(=O)O)cc4CC[C@H]3[C@@H]1CC=C2c1cncc(F)c1. The molecule has 4 aliphatic rings. The number of aromatic nitrogens is 1. The lowest BCUT2D eigenvalue weighted by Gasteiger charge is -2.50. The molecule has 1 aromatic carbocycles. The molecule has 6 rings (SSSR count). The Morgan fingerprint density at radius 2 is 2.00 bits per heavy atom. The van der Waals surface area contributed by atoms with Crippen molar-refractivity contribution in [3.8, 4) is 0 Å². The number of benzene rings is 1. The van der Waals surface area contributed by atoms with Crippen molar-refractivity contribution in [3.05, 3.63) is 70.8 Å². The van der Waals surface area contributed by atoms with E-state index in [1.165, 1.54) is 22.9 Å². The molecule has 2 aromatic rings. The minimum Gasteiger partial charge on any atom is -0.481 e. The summed E-state index contributed by atoms with van der Waals surface area (Å²) >= 11 is 0. The average molecular weight is 489 g/mol. The second-order valence-corrected chi connectivity index (χ2v) is 11.5. The van der Waals surface area contributed by atoms with E-state index in [0.717, 1.165) is 50.5 Å². The predicted octanol–water partition coefficient (Wildman–Crippen LogP) is 5.75. The molecule has 0 aliphatic heterocycles. The first-order valence-electron chi connectivity index (χ1n) is 13.3. The number of carboxylic acids is 1. The molecule has 188 valence electrons. The molecule has 2 fully saturated rings. The fourth-order valence-corrected chi connectivity index (χ4v) is 7.98. The van der Waals surface area contributed by atoms with Gasteiger partial charge >= 0.3 is 5.97 Å². The number of aryl methyl sites for hydroxylation is 1. The van der Waals surface area contributed by atoms with Crippen LogP contribution < -0.4 is 5.32 Å². The molecular weight excluding hydrogens is 455 g/mol. The van der Waals surface area contributed by atoms with E-state index in [4.69, 9.17) is 0 Å². The number of aliphatic carboxylic acids is 1. The lowest BCUT2D eigenvalue weighted by atomic mass is 9.54. The van der Waals surface area contributed by atoms with Crippen molar-refractivity contribution in [2.45, 2.75) is 70.3 Å². The summed E-state index contributed by atoms with van der Waals surface area (Å²) in [6, 6.07) is 7.43. The molecular formula is C30H33FN2O3. The molecule has 1 heterocycles. The summed E-state index contributed by atoms with van der Waals surface area (Å²) in [7, 11) is 0. The fraction of sp³-hybridized carbons (Fsp3) is 0.500. The van der Waals surface area contributed by atoms with E-state index in [0.29, 0.717) is 29.7 Å². The van der Waals surface area contributed by atoms with Gasteiger partial charge in [-0.15, -0.1) is 0 Å². The van der Waals surface area contributed by atoms with E-state index in [2.05, 4.69) is 29.4 Å². The third-order valence-electron chi connectivity index (χ3n) is 9.74. The Balaban J connectivity index is 1.20. The Morgan fingerprint density at radius 1 is 1.14 bits per heavy atom. The zero-order valence-electron chi connectivity index (χ0n) is 20.7. The molecule has 6 heteroatoms. The van der Waals surface area contributed by atoms with Crippen molar-refractivity contribution < 1.29 is 19.1 Å². The number of nitrogens with one attached hydrogen (secondary N) is 1. The van der Waals surface area contributed by atoms with Crippen LogP contribution in [-0.4, -0.2) is 28.0 Å². The molecule has 0 bridgehead atoms. The number of fused-ring (bicyclic) bond motifs is 5. The maximum Gasteiger partial charge on any atom is 0.308 e. The van der Waals surface area contributed by atoms with Gasteiger partial charge in [0.25, 0.3) is 5.91 Å². The van der Waals surface area contributed by atoms with Gasteiger partial charge in [0.15, 0.2) is 0 Å². The fourth-order valence-electron chi connectivity index (χ4n) is 7.98. The van der Waals surface area contributed by atoms with E-state index < -0.39 is 11.9 Å². The lowest BCUT2D eigenvalue weighted by molar-refractivity contribution is -0.142. The largest absolute Gasteiger partial charge is 0.481 e. The minimum atomic E-state index is -0.822. The van der Waals surface area contributed by atoms with E-state index in [1.807, 2.05) is 12.1 Å². The third kappa shape index (κ3) is 3.77. The van der Waals surface area contributed by atoms with Crippen LogP contribution in [-0.2, 0) is 11.2 Å². The Hall–Kier alpha value is -3.02. The normalized spacial score (nSPS) is 32.7. The number of pyridine rings is 1. The summed E-state index contributed by atoms with van der Waals surface area (Å²) in [5, 5.41) is 12.4. The Labute approximate surface area is 211 Å². The van der Waals surface area contributed by atoms with E-state index in [-0.39, 0.29) is 23.2 Å². The maximum absolute atomic E-state index is 13.9. The van der Waals surface area contributed by atoms with Crippen molar-refractivity contribution in [2.24, 2.45) is 23.2 Å². The highest BCUT2D eigenvalue weighted by molar-refractivity contribution is 5.95. The highest BCUT2D eigenvalue weighted by Crippen LogP contribution is 2.63. The highest BCUT2D eigenvalue weighted by Gasteiger charge is 2.52. The zero-order chi connectivity index (χ0) is 25.0. The number of nitrogens with zero attached hydrogens (tertiary/aromatic N) is 1. The van der Waals surface area contributed by atoms with Gasteiger partial charge in [0, 0.05) is 17.8 Å². The zero-order valence-corrected chi connectivity index (χ0v) is 20.7. The van der Waals surface area contributed by atoms with Crippen molar-refractivity contribution in [3.63, 3.8) is 0 Å². The van der Waals surface area contributed by atoms with Crippen molar-refractivity contribution in [1.29, 1.82) is 0 Å². The number of carbonyl (C=O) groups excluding carboxylic acids is 1. The van der Waals surface area contributed by atoms with Gasteiger partial charge in [-0.25, -0.2) is 4.39 Å². The van der Waals surface area contributed by atoms with Crippen molar-refractivity contribution in [1.82, 2.24) is 10.3 Å². The number of amides is 1. The molecule has 0 spiro atoms. The summed E-state index contributed by atoms with van der Waals surface area (Å²) in [4.78, 5) is 28.6. The Morgan fingerprint density at radius 3 is 2.81 bits per heavy atom. The first kappa shape index (κ1) is 23.4. The molecule has 0 radical (unpaired) electrons. The molecule has 0 saturated heterocycles. The quantitative estimate of drug-likeness (QED) is 0.574. The number of halogens is 1. The van der Waals surface area contributed by atoms with E-state index in [1.54, 1.807) is 12.3 Å². The Bertz CT molecular complexity index is 1260. The number of carboxylic acid groups (broad SMARTS) is 1. The van der Waals surface area contributed by atoms with Crippen LogP contribution >= 0.6 is 0 Å². The first-order valence-corrected chi connectivity index (χ1v) is 13.3. The molecule has 5 nitrogen and oxygen atoms in total. The van der Waals surface area contributed by atoms with Gasteiger partial charge in [-0.05, 0) is 109 Å². The second-order valence-electron chi connectivity index (χ2n) is 11.5. The van der Waals surface area contributed by atoms with E-state index in [9.17, 15) is 19.1 Å². The predicted molar refractivity (Wildman–Crippen MR) is 135 cm³/mol. The van der Waals surface area contributed by atoms with Crippen molar-refractivity contribution in [2.75, 3.05) is 0 Å². The number of hydrogen-bond donors (Lipinski definition) is 2. The smallest absolute Gasteiger partial charge is 0.308 e. The molecule has 6 atom stereocenters. The topological polar surface area (TPSA) is 79.3 Å². The van der Waals surface area contributed by atoms with Crippen LogP contribution in [0.3, 0.4) is 0 Å². The van der Waals surface area contributed by atoms with Crippen LogP contribution in [0.25, 0.3) is 5.57 Å². The summed E-state index contributed by atoms with van der Waals surface area (Å²) < 4.78 is 13.9. The van der Waals surface area contributed by atoms with Gasteiger partial charge < -0.3 is 10.4 Å². The number of allylic oxidation sites excluding steroid dienone is 2. The Kier molecular flexibility index (Phi) is 5.73. The highest BCUT2D eigenvalue weighted by atomic mass is 19.1. The van der Waals surface area contributed by atoms with Crippen molar-refractivity contribution >= 4 is 17.4 Å². The number of carbonyl (C=O) groups is 2. The van der Waals surface area contributed by atoms with Crippen LogP contribution in [0, 0.1) is 29.0 Å². The van der Waals surface area contributed by atoms with Gasteiger partial charge in [0.05, 0.1) is 12.1 Å². The standard InChI is InChI=1S/C30H33FN2O3/c1-30-12-11-22-21-7-6-18(28(34)33-27-4-2-3-24(27)29(35)36)13-17(21)5-8-23(22)26(30)10-9-25(30)19-14-20(31)16-32-15-19/h6-7,9,13-16,22-24,26-27H,2-5,8,10-12H2,1H3,(H,33,34)(H,35,36)/t22-,23-,24-,26+,27+,30-/m1/s1. The molecule has 1 aromatic heterocycles. The average Bonchev–Trinajstić information content (AvgIpc) is 3.47. The first-order chi connectivity index (χ1) is 17.3. The molecule has 2 saturated carbocycles. The van der Waals surface area contributed by atoms with Gasteiger partial charge in [-0.2, -0.15) is 0 Å². The van der Waals surface area contributed by atoms with Crippen LogP contribution in [0.5, 0.6) is 0 Å². The van der Waals surface area contributed by atoms with Crippen LogP contribution in [0.15, 0.2) is 42.7 Å². The van der Waals surface area contributed by atoms with Gasteiger partial charge in [-0.3, -0.25) is 14.6 Å². The minimum absolute atomic E-state index is 0.0376. The second kappa shape index (κ2) is 8.82. The van der Waals surface area contributed by atoms with Crippen LogP contribution in [0.1, 0.15) is 84.8 Å². The summed E-state index contributed by atoms with van der Waals surface area (Å²) in [5.41, 5.74) is 5.47. The number of hydrogen-bond acceptors (Lipinski definition) is 3. The number of rotatable bonds is 4. The van der Waals surface area contributed by atoms with Gasteiger partial charge in [-0.1, -0.05) is 25.5 Å². The molecule has 4 aliphatic carbocycles. The van der Waals surface area contributed by atoms with E-state index >= 15 is 0 Å². The lowest BCUT2D eigenvalue weighted by Crippen LogP contribution is -2.41. The third-order valence-corrected chi connectivity index (χ3v) is 9.74. The maximum atomic E-state index is 13.9. The van der Waals surface area contributed by atoms with Gasteiger partial charge in [0.1, 0.15) is 5.82 Å². The van der Waals surface area contributed by atoms with Crippen LogP contribution in [0.2, 0.25) is 0 Å². The van der Waals surface area contributed by atoms with Crippen LogP contribution in [0.4, 0.5) is 4.39 Å². The van der Waals surface area contributed by atoms with Gasteiger partial charge in [0.2, 0.25) is 0 Å².